The molecule has 3 aromatic carbocycles. The third kappa shape index (κ3) is 6.09. The summed E-state index contributed by atoms with van der Waals surface area (Å²) in [5.41, 5.74) is 2.66. The first-order valence-electron chi connectivity index (χ1n) is 13.7. The second-order valence-electron chi connectivity index (χ2n) is 9.71. The Hall–Kier alpha value is -4.54. The number of rotatable bonds is 10. The summed E-state index contributed by atoms with van der Waals surface area (Å²) >= 11 is 7.50. The van der Waals surface area contributed by atoms with Gasteiger partial charge in [-0.1, -0.05) is 53.3 Å². The molecule has 0 amide bonds. The molecule has 11 heteroatoms. The summed E-state index contributed by atoms with van der Waals surface area (Å²) in [4.78, 5) is 32.3. The molecule has 1 aliphatic rings. The summed E-state index contributed by atoms with van der Waals surface area (Å²) < 4.78 is 29.8. The molecule has 5 rings (SSSR count). The van der Waals surface area contributed by atoms with E-state index in [1.54, 1.807) is 64.5 Å². The number of halogens is 1. The smallest absolute Gasteiger partial charge is 0.338 e. The van der Waals surface area contributed by atoms with E-state index in [-0.39, 0.29) is 24.3 Å². The Morgan fingerprint density at radius 1 is 0.977 bits per heavy atom. The fraction of sp³-hybridized carbons (Fsp3) is 0.242. The van der Waals surface area contributed by atoms with Gasteiger partial charge in [0.25, 0.3) is 5.56 Å². The zero-order valence-electron chi connectivity index (χ0n) is 24.9. The number of nitrogens with zero attached hydrogens (tertiary/aromatic N) is 2. The van der Waals surface area contributed by atoms with Gasteiger partial charge >= 0.3 is 5.97 Å². The molecule has 2 heterocycles. The van der Waals surface area contributed by atoms with Crippen molar-refractivity contribution in [2.45, 2.75) is 26.5 Å². The van der Waals surface area contributed by atoms with Gasteiger partial charge in [-0.05, 0) is 61.4 Å². The number of aromatic nitrogens is 1. The molecule has 0 spiro atoms. The normalized spacial score (nSPS) is 14.5. The van der Waals surface area contributed by atoms with Crippen LogP contribution in [-0.4, -0.2) is 38.5 Å². The molecule has 0 fully saturated rings. The molecule has 0 aliphatic carbocycles. The number of esters is 1. The van der Waals surface area contributed by atoms with Crippen LogP contribution in [0.15, 0.2) is 81.7 Å². The number of hydrogen-bond donors (Lipinski definition) is 0. The number of hydrogen-bond acceptors (Lipinski definition) is 9. The van der Waals surface area contributed by atoms with E-state index in [1.165, 1.54) is 23.0 Å². The topological polar surface area (TPSA) is 97.6 Å². The van der Waals surface area contributed by atoms with E-state index in [0.29, 0.717) is 48.6 Å². The number of ether oxygens (including phenoxy) is 5. The molecule has 0 unspecified atom stereocenters. The van der Waals surface area contributed by atoms with Gasteiger partial charge in [0.05, 0.1) is 49.8 Å². The zero-order chi connectivity index (χ0) is 31.4. The first-order chi connectivity index (χ1) is 21.3. The molecule has 4 aromatic rings. The van der Waals surface area contributed by atoms with Crippen LogP contribution in [0.3, 0.4) is 0 Å². The minimum absolute atomic E-state index is 0.179. The molecule has 1 aliphatic heterocycles. The van der Waals surface area contributed by atoms with Crippen LogP contribution in [-0.2, 0) is 16.1 Å². The zero-order valence-corrected chi connectivity index (χ0v) is 26.5. The summed E-state index contributed by atoms with van der Waals surface area (Å²) in [6, 6.07) is 17.4. The average molecular weight is 635 g/mol. The van der Waals surface area contributed by atoms with Crippen molar-refractivity contribution in [1.82, 2.24) is 4.57 Å². The Labute approximate surface area is 263 Å². The highest BCUT2D eigenvalue weighted by atomic mass is 35.5. The van der Waals surface area contributed by atoms with Crippen molar-refractivity contribution in [3.05, 3.63) is 113 Å². The molecule has 0 saturated carbocycles. The van der Waals surface area contributed by atoms with Gasteiger partial charge in [0.2, 0.25) is 0 Å². The van der Waals surface area contributed by atoms with Crippen molar-refractivity contribution in [2.24, 2.45) is 4.99 Å². The minimum atomic E-state index is -0.789. The largest absolute Gasteiger partial charge is 0.493 e. The van der Waals surface area contributed by atoms with E-state index < -0.39 is 12.0 Å². The van der Waals surface area contributed by atoms with Crippen LogP contribution < -0.4 is 33.8 Å². The number of carbonyl (C=O) groups excluding carboxylic acids is 1. The third-order valence-corrected chi connectivity index (χ3v) is 8.42. The summed E-state index contributed by atoms with van der Waals surface area (Å²) in [7, 11) is 4.63. The van der Waals surface area contributed by atoms with Crippen LogP contribution in [0.25, 0.3) is 6.08 Å². The Morgan fingerprint density at radius 2 is 1.68 bits per heavy atom. The number of fused-ring (bicyclic) bond motifs is 1. The maximum atomic E-state index is 14.0. The Morgan fingerprint density at radius 3 is 2.39 bits per heavy atom. The summed E-state index contributed by atoms with van der Waals surface area (Å²) in [5.74, 6) is 1.49. The maximum Gasteiger partial charge on any atom is 0.338 e. The van der Waals surface area contributed by atoms with Gasteiger partial charge in [0.15, 0.2) is 27.8 Å². The summed E-state index contributed by atoms with van der Waals surface area (Å²) in [5, 5.41) is 0.617. The van der Waals surface area contributed by atoms with Crippen LogP contribution >= 0.6 is 22.9 Å². The number of benzene rings is 3. The molecule has 0 radical (unpaired) electrons. The van der Waals surface area contributed by atoms with E-state index >= 15 is 0 Å². The van der Waals surface area contributed by atoms with Crippen LogP contribution in [0.2, 0.25) is 5.02 Å². The highest BCUT2D eigenvalue weighted by molar-refractivity contribution is 7.07. The lowest BCUT2D eigenvalue weighted by Crippen LogP contribution is -2.39. The van der Waals surface area contributed by atoms with E-state index in [1.807, 2.05) is 30.3 Å². The lowest BCUT2D eigenvalue weighted by atomic mass is 9.95. The highest BCUT2D eigenvalue weighted by Gasteiger charge is 2.34. The molecule has 44 heavy (non-hydrogen) atoms. The minimum Gasteiger partial charge on any atom is -0.493 e. The molecule has 0 bridgehead atoms. The number of methoxy groups -OCH3 is 3. The van der Waals surface area contributed by atoms with E-state index in [2.05, 4.69) is 4.99 Å². The fourth-order valence-electron chi connectivity index (χ4n) is 4.95. The predicted molar refractivity (Wildman–Crippen MR) is 169 cm³/mol. The first-order valence-corrected chi connectivity index (χ1v) is 14.9. The van der Waals surface area contributed by atoms with E-state index in [4.69, 9.17) is 35.3 Å². The van der Waals surface area contributed by atoms with Crippen LogP contribution in [0.1, 0.15) is 36.6 Å². The second kappa shape index (κ2) is 13.4. The average Bonchev–Trinajstić information content (AvgIpc) is 3.33. The van der Waals surface area contributed by atoms with Gasteiger partial charge in [0, 0.05) is 10.6 Å². The molecular weight excluding hydrogens is 604 g/mol. The Bertz CT molecular complexity index is 1930. The van der Waals surface area contributed by atoms with Crippen molar-refractivity contribution >= 4 is 35.0 Å². The Kier molecular flexibility index (Phi) is 9.41. The number of carbonyl (C=O) groups is 1. The lowest BCUT2D eigenvalue weighted by molar-refractivity contribution is -0.139. The van der Waals surface area contributed by atoms with Gasteiger partial charge in [0.1, 0.15) is 6.61 Å². The predicted octanol–water partition coefficient (Wildman–Crippen LogP) is 5.06. The second-order valence-corrected chi connectivity index (χ2v) is 11.1. The molecule has 0 saturated heterocycles. The van der Waals surface area contributed by atoms with Gasteiger partial charge in [-0.2, -0.15) is 0 Å². The Balaban J connectivity index is 1.57. The molecule has 1 aromatic heterocycles. The van der Waals surface area contributed by atoms with Gasteiger partial charge in [-0.3, -0.25) is 9.36 Å². The molecule has 1 atom stereocenters. The number of thiazole rings is 1. The van der Waals surface area contributed by atoms with Crippen molar-refractivity contribution in [3.63, 3.8) is 0 Å². The summed E-state index contributed by atoms with van der Waals surface area (Å²) in [6.45, 7) is 3.92. The van der Waals surface area contributed by atoms with Crippen LogP contribution in [0.5, 0.6) is 23.0 Å². The van der Waals surface area contributed by atoms with Crippen LogP contribution in [0.4, 0.5) is 0 Å². The fourth-order valence-corrected chi connectivity index (χ4v) is 6.18. The van der Waals surface area contributed by atoms with Crippen molar-refractivity contribution in [3.8, 4) is 23.0 Å². The summed E-state index contributed by atoms with van der Waals surface area (Å²) in [6.07, 6.45) is 1.76. The molecular formula is C33H31ClN2O7S. The van der Waals surface area contributed by atoms with E-state index in [9.17, 15) is 9.59 Å². The van der Waals surface area contributed by atoms with Gasteiger partial charge < -0.3 is 23.7 Å². The third-order valence-electron chi connectivity index (χ3n) is 7.07. The van der Waals surface area contributed by atoms with Crippen molar-refractivity contribution in [1.29, 1.82) is 0 Å². The van der Waals surface area contributed by atoms with Gasteiger partial charge in [-0.15, -0.1) is 0 Å². The van der Waals surface area contributed by atoms with Crippen LogP contribution in [0, 0.1) is 0 Å². The van der Waals surface area contributed by atoms with Crippen molar-refractivity contribution in [2.75, 3.05) is 27.9 Å². The quantitative estimate of drug-likeness (QED) is 0.225. The van der Waals surface area contributed by atoms with E-state index in [0.717, 1.165) is 11.1 Å². The number of allylic oxidation sites excluding steroid dienone is 1. The molecule has 9 nitrogen and oxygen atoms in total. The standard InChI is InChI=1S/C33H31ClN2O7S/c1-6-42-32(38)29-19(2)35-33-36(30(29)21-12-14-24(39-3)27(17-21)41-5)31(37)28(44-33)16-20-11-13-25(26(15-20)40-4)43-18-22-9-7-8-10-23(22)34/h7-17,30H,6,18H2,1-5H3/b28-16+/t30-/m1/s1. The highest BCUT2D eigenvalue weighted by Crippen LogP contribution is 2.36. The maximum absolute atomic E-state index is 14.0. The van der Waals surface area contributed by atoms with Gasteiger partial charge in [-0.25, -0.2) is 9.79 Å². The molecule has 228 valence electrons. The monoisotopic (exact) mass is 634 g/mol. The molecule has 0 N–H and O–H groups in total. The SMILES string of the molecule is CCOC(=O)C1=C(C)N=c2s/c(=C/c3ccc(OCc4ccccc4Cl)c(OC)c3)c(=O)n2[C@@H]1c1ccc(OC)c(OC)c1. The van der Waals surface area contributed by atoms with Crippen molar-refractivity contribution < 1.29 is 28.5 Å². The first kappa shape index (κ1) is 30.9. The lowest BCUT2D eigenvalue weighted by Gasteiger charge is -2.25.